The Kier molecular flexibility index (Phi) is 30.2. The van der Waals surface area contributed by atoms with Crippen LogP contribution in [-0.4, -0.2) is 93.7 Å². The van der Waals surface area contributed by atoms with Crippen molar-refractivity contribution >= 4 is 17.2 Å². The Hall–Kier alpha value is -5.34. The maximum Gasteiger partial charge on any atom is 0.397 e. The molecule has 0 saturated carbocycles. The zero-order valence-corrected chi connectivity index (χ0v) is 81.0. The predicted molar refractivity (Wildman–Crippen MR) is 484 cm³/mol. The topological polar surface area (TPSA) is 217 Å². The fourth-order valence-electron chi connectivity index (χ4n) is 14.2. The number of phenols is 4. The molecule has 2 aliphatic heterocycles. The lowest BCUT2D eigenvalue weighted by Crippen LogP contribution is -2.45. The van der Waals surface area contributed by atoms with E-state index < -0.39 is 54.5 Å². The molecule has 116 heavy (non-hydrogen) atoms. The summed E-state index contributed by atoms with van der Waals surface area (Å²) in [4.78, 5) is 0. The normalized spacial score (nSPS) is 18.0. The number of hydrogen-bond acceptors (Lipinski definition) is 14. The molecule has 1 spiro atoms. The summed E-state index contributed by atoms with van der Waals surface area (Å²) in [5, 5.41) is 81.2. The summed E-state index contributed by atoms with van der Waals surface area (Å²) in [5.41, 5.74) is 14.6. The molecule has 8 rings (SSSR count). The summed E-state index contributed by atoms with van der Waals surface area (Å²) < 4.78 is 40.6. The molecule has 2 atom stereocenters. The molecule has 650 valence electrons. The first-order chi connectivity index (χ1) is 52.2. The molecule has 2 saturated heterocycles. The number of aromatic hydroxyl groups is 4. The van der Waals surface area contributed by atoms with Crippen LogP contribution in [-0.2, 0) is 83.1 Å². The Morgan fingerprint density at radius 2 is 0.431 bits per heavy atom. The van der Waals surface area contributed by atoms with Gasteiger partial charge in [-0.15, -0.1) is 0 Å². The van der Waals surface area contributed by atoms with E-state index in [9.17, 15) is 20.4 Å². The van der Waals surface area contributed by atoms with Crippen molar-refractivity contribution in [2.24, 2.45) is 10.8 Å². The van der Waals surface area contributed by atoms with E-state index in [1.807, 2.05) is 0 Å². The minimum absolute atomic E-state index is 0.0476. The summed E-state index contributed by atoms with van der Waals surface area (Å²) in [5.74, 6) is 2.20. The lowest BCUT2D eigenvalue weighted by molar-refractivity contribution is -0.0674. The zero-order valence-electron chi connectivity index (χ0n) is 79.2. The van der Waals surface area contributed by atoms with Crippen LogP contribution in [0.5, 0.6) is 34.5 Å². The largest absolute Gasteiger partial charge is 0.507 e. The number of rotatable bonds is 14. The van der Waals surface area contributed by atoms with Gasteiger partial charge in [-0.1, -0.05) is 343 Å². The Morgan fingerprint density at radius 1 is 0.267 bits per heavy atom. The maximum atomic E-state index is 12.2. The second-order valence-corrected chi connectivity index (χ2v) is 48.5. The van der Waals surface area contributed by atoms with Gasteiger partial charge < -0.3 is 68.0 Å². The van der Waals surface area contributed by atoms with Gasteiger partial charge in [0.2, 0.25) is 0 Å². The van der Waals surface area contributed by atoms with Gasteiger partial charge in [-0.05, 0) is 121 Å². The molecule has 0 bridgehead atoms. The van der Waals surface area contributed by atoms with Gasteiger partial charge in [0.15, 0.2) is 0 Å². The highest BCUT2D eigenvalue weighted by molar-refractivity contribution is 7.42. The minimum Gasteiger partial charge on any atom is -0.507 e. The van der Waals surface area contributed by atoms with E-state index >= 15 is 0 Å². The molecule has 8 N–H and O–H groups in total. The quantitative estimate of drug-likeness (QED) is 0.0476. The monoisotopic (exact) mass is 1640 g/mol. The van der Waals surface area contributed by atoms with Crippen LogP contribution in [0.3, 0.4) is 0 Å². The molecular formula is C100H156O14P2. The van der Waals surface area contributed by atoms with Crippen LogP contribution in [0.2, 0.25) is 0 Å². The van der Waals surface area contributed by atoms with E-state index in [0.717, 1.165) is 78.3 Å². The Morgan fingerprint density at radius 3 is 0.586 bits per heavy atom. The molecule has 2 unspecified atom stereocenters. The SMILES string of the molecule is CC(c1cc(C(C)(C)C)cc(C(C)(C)C)c1O)c1cc(C(C)(C)C)cc(C(C)(C)C)c1O.CC(c1cc(C(C)(C)C)cc(C(C)(C)C)c1O)c1cc(C(C)(C)C)cc(C(C)(C)C)c1OP1OCC2(CO1)COP(Oc1c(C(C)c3cc(C(C)(C)C)cc(C(C)(C)C)c3O)cc(C(C)(C)C)cc1C(C)(C)C)OC2.OCC(CO)(CO)CO. The van der Waals surface area contributed by atoms with Gasteiger partial charge in [0, 0.05) is 62.3 Å². The smallest absolute Gasteiger partial charge is 0.397 e. The first kappa shape index (κ1) is 99.5. The Labute approximate surface area is 705 Å². The lowest BCUT2D eigenvalue weighted by Gasteiger charge is -2.42. The molecule has 16 heteroatoms. The molecule has 6 aromatic carbocycles. The van der Waals surface area contributed by atoms with E-state index in [0.29, 0.717) is 49.4 Å². The molecule has 2 fully saturated rings. The van der Waals surface area contributed by atoms with Gasteiger partial charge >= 0.3 is 17.2 Å². The molecule has 14 nitrogen and oxygen atoms in total. The molecule has 2 aliphatic rings. The van der Waals surface area contributed by atoms with Gasteiger partial charge in [0.25, 0.3) is 0 Å². The Bertz CT molecular complexity index is 4070. The van der Waals surface area contributed by atoms with Crippen molar-refractivity contribution in [3.63, 3.8) is 0 Å². The molecule has 0 amide bonds. The third-order valence-electron chi connectivity index (χ3n) is 23.2. The van der Waals surface area contributed by atoms with E-state index in [4.69, 9.17) is 47.6 Å². The van der Waals surface area contributed by atoms with Gasteiger partial charge in [-0.2, -0.15) is 0 Å². The Balaban J connectivity index is 0.000000418. The highest BCUT2D eigenvalue weighted by atomic mass is 31.2. The average molecular weight is 1640 g/mol. The highest BCUT2D eigenvalue weighted by Gasteiger charge is 2.47. The fourth-order valence-corrected chi connectivity index (χ4v) is 16.8. The summed E-state index contributed by atoms with van der Waals surface area (Å²) >= 11 is 0. The van der Waals surface area contributed by atoms with Crippen LogP contribution in [0.1, 0.15) is 388 Å². The van der Waals surface area contributed by atoms with Crippen molar-refractivity contribution in [2.75, 3.05) is 52.9 Å². The number of benzene rings is 6. The second-order valence-electron chi connectivity index (χ2n) is 46.3. The van der Waals surface area contributed by atoms with Crippen molar-refractivity contribution in [1.82, 2.24) is 0 Å². The lowest BCUT2D eigenvalue weighted by atomic mass is 9.74. The summed E-state index contributed by atoms with van der Waals surface area (Å²) in [6, 6.07) is 26.4. The number of hydrogen-bond donors (Lipinski definition) is 8. The van der Waals surface area contributed by atoms with Crippen LogP contribution in [0.4, 0.5) is 0 Å². The second kappa shape index (κ2) is 35.2. The van der Waals surface area contributed by atoms with E-state index in [1.165, 1.54) is 33.4 Å². The summed E-state index contributed by atoms with van der Waals surface area (Å²) in [6.07, 6.45) is 0. The van der Waals surface area contributed by atoms with E-state index in [-0.39, 0.29) is 82.7 Å². The van der Waals surface area contributed by atoms with Crippen LogP contribution >= 0.6 is 17.2 Å². The van der Waals surface area contributed by atoms with E-state index in [2.05, 4.69) is 343 Å². The molecule has 0 radical (unpaired) electrons. The van der Waals surface area contributed by atoms with Crippen molar-refractivity contribution in [3.8, 4) is 34.5 Å². The van der Waals surface area contributed by atoms with Crippen LogP contribution in [0, 0.1) is 10.8 Å². The first-order valence-electron chi connectivity index (χ1n) is 42.0. The fraction of sp³-hybridized carbons (Fsp3) is 0.640. The number of aliphatic hydroxyl groups excluding tert-OH is 4. The molecule has 6 aromatic rings. The third kappa shape index (κ3) is 23.7. The molecule has 0 aromatic heterocycles. The standard InChI is InChI=1S/C65H98O8P2.C30H46O2.C5H12O4/c1-39(45-27-41(57(3,4)5)31-49(53(45)66)61(15,16)17)47-29-43(59(9,10)11)33-51(63(21,22)23)55(47)72-74-68-35-65(36-69-74)37-70-75(71-38-65)73-56-48(30-44(60(12,13)14)34-52(56)64(24,25)26)40(2)46-28-42(58(6,7)8)32-50(54(46)67)62(18,19)20;1-18(21-14-19(27(2,3)4)16-23(25(21)31)29(8,9)10)22-15-20(28(5,6)7)17-24(26(22)32)30(11,12)13;6-1-5(2-7,3-8)4-9/h27-34,39-40,66-67H,35-38H2,1-26H3;14-18,31-32H,1-13H3;6-9H,1-4H2. The van der Waals surface area contributed by atoms with Crippen molar-refractivity contribution in [2.45, 2.75) is 353 Å². The zero-order chi connectivity index (χ0) is 89.1. The summed E-state index contributed by atoms with van der Waals surface area (Å²) in [7, 11) is -3.65. The first-order valence-corrected chi connectivity index (χ1v) is 44.2. The van der Waals surface area contributed by atoms with Crippen molar-refractivity contribution in [3.05, 3.63) is 173 Å². The average Bonchev–Trinajstić information content (AvgIpc) is 0.756. The van der Waals surface area contributed by atoms with Crippen molar-refractivity contribution < 1.29 is 68.0 Å². The number of phenolic OH excluding ortho intramolecular Hbond substituents is 4. The van der Waals surface area contributed by atoms with Crippen LogP contribution < -0.4 is 9.05 Å². The molecular weight excluding hydrogens is 1490 g/mol. The molecule has 2 heterocycles. The van der Waals surface area contributed by atoms with E-state index in [1.54, 1.807) is 0 Å². The van der Waals surface area contributed by atoms with Gasteiger partial charge in [0.05, 0.1) is 63.7 Å². The van der Waals surface area contributed by atoms with Crippen LogP contribution in [0.15, 0.2) is 72.8 Å². The predicted octanol–water partition coefficient (Wildman–Crippen LogP) is 25.2. The van der Waals surface area contributed by atoms with Crippen molar-refractivity contribution in [1.29, 1.82) is 0 Å². The van der Waals surface area contributed by atoms with Gasteiger partial charge in [0.1, 0.15) is 34.5 Å². The maximum absolute atomic E-state index is 12.2. The van der Waals surface area contributed by atoms with Crippen LogP contribution in [0.25, 0.3) is 0 Å². The van der Waals surface area contributed by atoms with Gasteiger partial charge in [-0.25, -0.2) is 0 Å². The molecule has 0 aliphatic carbocycles. The number of aliphatic hydroxyl groups is 4. The third-order valence-corrected chi connectivity index (χ3v) is 25.2. The van der Waals surface area contributed by atoms with Gasteiger partial charge in [-0.3, -0.25) is 0 Å². The minimum atomic E-state index is -1.82. The highest BCUT2D eigenvalue weighted by Crippen LogP contribution is 2.59. The summed E-state index contributed by atoms with van der Waals surface area (Å²) in [6.45, 7) is 85.3.